The first-order valence-electron chi connectivity index (χ1n) is 6.10. The SMILES string of the molecule is CCC1C(=O)NC(=O)CN1c1ccc(C(C)=O)nc1. The molecule has 1 saturated heterocycles. The van der Waals surface area contributed by atoms with E-state index in [-0.39, 0.29) is 30.2 Å². The topological polar surface area (TPSA) is 79.4 Å². The number of aromatic nitrogens is 1. The Kier molecular flexibility index (Phi) is 3.59. The zero-order valence-electron chi connectivity index (χ0n) is 10.8. The molecule has 2 rings (SSSR count). The van der Waals surface area contributed by atoms with E-state index in [9.17, 15) is 14.4 Å². The van der Waals surface area contributed by atoms with E-state index in [1.54, 1.807) is 17.0 Å². The van der Waals surface area contributed by atoms with Crippen molar-refractivity contribution in [2.24, 2.45) is 0 Å². The first kappa shape index (κ1) is 13.2. The van der Waals surface area contributed by atoms with Gasteiger partial charge in [0.15, 0.2) is 5.78 Å². The first-order chi connectivity index (χ1) is 9.02. The van der Waals surface area contributed by atoms with Crippen LogP contribution in [0.5, 0.6) is 0 Å². The van der Waals surface area contributed by atoms with Crippen molar-refractivity contribution in [3.63, 3.8) is 0 Å². The van der Waals surface area contributed by atoms with Crippen LogP contribution in [0, 0.1) is 0 Å². The van der Waals surface area contributed by atoms with Crippen LogP contribution in [0.2, 0.25) is 0 Å². The number of imide groups is 1. The third-order valence-corrected chi connectivity index (χ3v) is 3.08. The molecule has 1 aliphatic heterocycles. The smallest absolute Gasteiger partial charge is 0.249 e. The average molecular weight is 261 g/mol. The monoisotopic (exact) mass is 261 g/mol. The molecule has 6 heteroatoms. The zero-order chi connectivity index (χ0) is 14.0. The van der Waals surface area contributed by atoms with Crippen molar-refractivity contribution in [3.05, 3.63) is 24.0 Å². The highest BCUT2D eigenvalue weighted by atomic mass is 16.2. The van der Waals surface area contributed by atoms with E-state index in [1.165, 1.54) is 13.1 Å². The number of Topliss-reactive ketones (excluding diaryl/α,β-unsaturated/α-hetero) is 1. The summed E-state index contributed by atoms with van der Waals surface area (Å²) in [4.78, 5) is 40.1. The molecule has 0 spiro atoms. The van der Waals surface area contributed by atoms with Crippen LogP contribution < -0.4 is 10.2 Å². The highest BCUT2D eigenvalue weighted by Gasteiger charge is 2.32. The lowest BCUT2D eigenvalue weighted by molar-refractivity contribution is -0.132. The lowest BCUT2D eigenvalue weighted by Crippen LogP contribution is -2.58. The molecule has 100 valence electrons. The van der Waals surface area contributed by atoms with Crippen LogP contribution >= 0.6 is 0 Å². The van der Waals surface area contributed by atoms with Crippen LogP contribution in [0.1, 0.15) is 30.8 Å². The number of pyridine rings is 1. The van der Waals surface area contributed by atoms with Gasteiger partial charge in [-0.2, -0.15) is 0 Å². The third kappa shape index (κ3) is 2.62. The van der Waals surface area contributed by atoms with E-state index >= 15 is 0 Å². The second-order valence-electron chi connectivity index (χ2n) is 4.42. The van der Waals surface area contributed by atoms with Gasteiger partial charge in [-0.3, -0.25) is 24.7 Å². The molecule has 1 atom stereocenters. The van der Waals surface area contributed by atoms with Crippen molar-refractivity contribution in [2.45, 2.75) is 26.3 Å². The molecule has 1 aliphatic rings. The average Bonchev–Trinajstić information content (AvgIpc) is 2.38. The molecule has 1 unspecified atom stereocenters. The van der Waals surface area contributed by atoms with Crippen molar-refractivity contribution < 1.29 is 14.4 Å². The zero-order valence-corrected chi connectivity index (χ0v) is 10.8. The molecule has 0 saturated carbocycles. The Labute approximate surface area is 110 Å². The largest absolute Gasteiger partial charge is 0.349 e. The fourth-order valence-corrected chi connectivity index (χ4v) is 2.11. The number of hydrogen-bond acceptors (Lipinski definition) is 5. The molecule has 6 nitrogen and oxygen atoms in total. The molecule has 19 heavy (non-hydrogen) atoms. The van der Waals surface area contributed by atoms with E-state index in [2.05, 4.69) is 10.3 Å². The van der Waals surface area contributed by atoms with Crippen LogP contribution in [0.3, 0.4) is 0 Å². The van der Waals surface area contributed by atoms with E-state index in [1.807, 2.05) is 6.92 Å². The highest BCUT2D eigenvalue weighted by Crippen LogP contribution is 2.20. The van der Waals surface area contributed by atoms with Gasteiger partial charge in [0.2, 0.25) is 11.8 Å². The van der Waals surface area contributed by atoms with E-state index < -0.39 is 0 Å². The van der Waals surface area contributed by atoms with Crippen molar-refractivity contribution in [1.29, 1.82) is 0 Å². The molecular formula is C13H15N3O3. The summed E-state index contributed by atoms with van der Waals surface area (Å²) in [5.41, 5.74) is 1.03. The number of carbonyl (C=O) groups is 3. The lowest BCUT2D eigenvalue weighted by Gasteiger charge is -2.34. The summed E-state index contributed by atoms with van der Waals surface area (Å²) in [5.74, 6) is -0.745. The van der Waals surface area contributed by atoms with Gasteiger partial charge in [0.1, 0.15) is 11.7 Å². The standard InChI is InChI=1S/C13H15N3O3/c1-3-11-13(19)15-12(18)7-16(11)9-4-5-10(8(2)17)14-6-9/h4-6,11H,3,7H2,1-2H3,(H,15,18,19). The van der Waals surface area contributed by atoms with Gasteiger partial charge >= 0.3 is 0 Å². The quantitative estimate of drug-likeness (QED) is 0.634. The fraction of sp³-hybridized carbons (Fsp3) is 0.385. The fourth-order valence-electron chi connectivity index (χ4n) is 2.11. The normalized spacial score (nSPS) is 19.3. The number of piperazine rings is 1. The van der Waals surface area contributed by atoms with E-state index in [4.69, 9.17) is 0 Å². The van der Waals surface area contributed by atoms with E-state index in [0.29, 0.717) is 17.8 Å². The van der Waals surface area contributed by atoms with Gasteiger partial charge < -0.3 is 4.90 Å². The van der Waals surface area contributed by atoms with E-state index in [0.717, 1.165) is 0 Å². The molecule has 0 bridgehead atoms. The summed E-state index contributed by atoms with van der Waals surface area (Å²) in [6.45, 7) is 3.43. The maximum atomic E-state index is 11.7. The molecule has 1 aromatic heterocycles. The van der Waals surface area contributed by atoms with Crippen LogP contribution in [-0.4, -0.2) is 35.2 Å². The number of carbonyl (C=O) groups excluding carboxylic acids is 3. The number of ketones is 1. The molecule has 1 fully saturated rings. The number of anilines is 1. The number of nitrogens with one attached hydrogen (secondary N) is 1. The number of amides is 2. The Morgan fingerprint density at radius 1 is 1.47 bits per heavy atom. The highest BCUT2D eigenvalue weighted by molar-refractivity contribution is 6.04. The second-order valence-corrected chi connectivity index (χ2v) is 4.42. The second kappa shape index (κ2) is 5.17. The van der Waals surface area contributed by atoms with Gasteiger partial charge in [-0.05, 0) is 18.6 Å². The number of nitrogens with zero attached hydrogens (tertiary/aromatic N) is 2. The van der Waals surface area contributed by atoms with Crippen LogP contribution in [0.4, 0.5) is 5.69 Å². The van der Waals surface area contributed by atoms with Crippen molar-refractivity contribution >= 4 is 23.3 Å². The summed E-state index contributed by atoms with van der Waals surface area (Å²) >= 11 is 0. The molecule has 1 N–H and O–H groups in total. The maximum absolute atomic E-state index is 11.7. The molecule has 0 aliphatic carbocycles. The molecule has 0 radical (unpaired) electrons. The minimum atomic E-state index is -0.386. The molecule has 2 heterocycles. The summed E-state index contributed by atoms with van der Waals surface area (Å²) < 4.78 is 0. The van der Waals surface area contributed by atoms with Gasteiger partial charge in [-0.15, -0.1) is 0 Å². The summed E-state index contributed by atoms with van der Waals surface area (Å²) in [7, 11) is 0. The van der Waals surface area contributed by atoms with Crippen LogP contribution in [0.15, 0.2) is 18.3 Å². The Bertz CT molecular complexity index is 524. The summed E-state index contributed by atoms with van der Waals surface area (Å²) in [6, 6.07) is 2.92. The number of rotatable bonds is 3. The van der Waals surface area contributed by atoms with Gasteiger partial charge in [0.05, 0.1) is 18.4 Å². The molecule has 0 aromatic carbocycles. The Morgan fingerprint density at radius 3 is 2.74 bits per heavy atom. The number of hydrogen-bond donors (Lipinski definition) is 1. The molecule has 2 amide bonds. The minimum absolute atomic E-state index is 0.116. The third-order valence-electron chi connectivity index (χ3n) is 3.08. The van der Waals surface area contributed by atoms with Crippen molar-refractivity contribution in [3.8, 4) is 0 Å². The van der Waals surface area contributed by atoms with Crippen molar-refractivity contribution in [2.75, 3.05) is 11.4 Å². The van der Waals surface area contributed by atoms with Gasteiger partial charge in [0, 0.05) is 6.92 Å². The first-order valence-corrected chi connectivity index (χ1v) is 6.10. The summed E-state index contributed by atoms with van der Waals surface area (Å²) in [6.07, 6.45) is 2.11. The molecular weight excluding hydrogens is 246 g/mol. The predicted octanol–water partition coefficient (Wildman–Crippen LogP) is 0.526. The predicted molar refractivity (Wildman–Crippen MR) is 68.8 cm³/mol. The Morgan fingerprint density at radius 2 is 2.21 bits per heavy atom. The van der Waals surface area contributed by atoms with Crippen LogP contribution in [0.25, 0.3) is 0 Å². The van der Waals surface area contributed by atoms with Gasteiger partial charge in [-0.25, -0.2) is 0 Å². The summed E-state index contributed by atoms with van der Waals surface area (Å²) in [5, 5.41) is 2.32. The molecule has 1 aromatic rings. The maximum Gasteiger partial charge on any atom is 0.249 e. The lowest BCUT2D eigenvalue weighted by atomic mass is 10.1. The van der Waals surface area contributed by atoms with Gasteiger partial charge in [-0.1, -0.05) is 6.92 Å². The van der Waals surface area contributed by atoms with Crippen molar-refractivity contribution in [1.82, 2.24) is 10.3 Å². The Hall–Kier alpha value is -2.24. The van der Waals surface area contributed by atoms with Crippen LogP contribution in [-0.2, 0) is 9.59 Å². The van der Waals surface area contributed by atoms with Gasteiger partial charge in [0.25, 0.3) is 0 Å². The minimum Gasteiger partial charge on any atom is -0.349 e. The Balaban J connectivity index is 2.29.